The highest BCUT2D eigenvalue weighted by atomic mass is 32.2. The molecular formula is C76H93F2NO19S2. The number of benzene rings is 4. The molecule has 1 aromatic heterocycles. The molecule has 12 unspecified atom stereocenters. The SMILES string of the molecule is CCC(C)(C)C(=O)OC(C)C(F)(F)S(=O)(=O)[O-].CCC(C)(C)C(=O)OC1C2CC3C(=O)OC1C3O2.CCC(C)(C)C(=O)OC1C2CC3C1OC(=O)C3C2C(=O)OC1(C)Cc2ccccc2C1.CCC(C)(C)C(=O)Oc1cccc(=O)[nH]1.c1ccc([S+](c2ccccc2)c2ccccc2)cc1. The summed E-state index contributed by atoms with van der Waals surface area (Å²) in [6.07, 6.45) is 0.448. The quantitative estimate of drug-likeness (QED) is 0.0348. The van der Waals surface area contributed by atoms with Crippen LogP contribution in [0, 0.1) is 51.2 Å². The van der Waals surface area contributed by atoms with Gasteiger partial charge in [-0.25, -0.2) is 8.42 Å². The first kappa shape index (κ1) is 77.9. The van der Waals surface area contributed by atoms with Gasteiger partial charge in [-0.15, -0.1) is 0 Å². The number of pyridine rings is 1. The van der Waals surface area contributed by atoms with Crippen molar-refractivity contribution in [2.45, 2.75) is 217 Å². The van der Waals surface area contributed by atoms with E-state index in [4.69, 9.17) is 33.2 Å². The molecule has 0 amide bonds. The molecule has 12 atom stereocenters. The maximum Gasteiger partial charge on any atom is 0.369 e. The van der Waals surface area contributed by atoms with Crippen LogP contribution in [0.1, 0.15) is 147 Å². The molecule has 4 aliphatic heterocycles. The van der Waals surface area contributed by atoms with Crippen LogP contribution in [0.3, 0.4) is 0 Å². The van der Waals surface area contributed by atoms with Crippen LogP contribution in [0.5, 0.6) is 5.88 Å². The second-order valence-electron chi connectivity index (χ2n) is 29.2. The monoisotopic (exact) mass is 1430 g/mol. The zero-order valence-electron chi connectivity index (χ0n) is 59.1. The molecule has 5 heterocycles. The predicted molar refractivity (Wildman–Crippen MR) is 364 cm³/mol. The molecule has 4 saturated heterocycles. The number of fused-ring (bicyclic) bond motifs is 3. The Hall–Kier alpha value is -7.80. The third kappa shape index (κ3) is 17.4. The van der Waals surface area contributed by atoms with Crippen molar-refractivity contribution < 1.29 is 93.2 Å². The summed E-state index contributed by atoms with van der Waals surface area (Å²) in [4.78, 5) is 103. The minimum absolute atomic E-state index is 0.0146. The fourth-order valence-corrected chi connectivity index (χ4v) is 15.1. The largest absolute Gasteiger partial charge is 0.743 e. The summed E-state index contributed by atoms with van der Waals surface area (Å²) >= 11 is 0. The summed E-state index contributed by atoms with van der Waals surface area (Å²) in [7, 11) is -5.87. The van der Waals surface area contributed by atoms with Gasteiger partial charge in [0.1, 0.15) is 23.9 Å². The molecule has 0 radical (unpaired) electrons. The second-order valence-corrected chi connectivity index (χ2v) is 32.6. The summed E-state index contributed by atoms with van der Waals surface area (Å²) in [5, 5.41) is -4.63. The number of carbonyl (C=O) groups excluding carboxylic acids is 7. The van der Waals surface area contributed by atoms with E-state index in [-0.39, 0.29) is 88.1 Å². The van der Waals surface area contributed by atoms with Gasteiger partial charge in [-0.2, -0.15) is 8.78 Å². The standard InChI is InChI=1S/C25H30O6.C18H15S.C13H18O5.C11H15NO3.C9H16F2O5S/c1-5-24(2,3)23(28)30-20-16-10-15-17(21(26)29-19(15)20)18(16)22(27)31-25(4)11-13-8-6-7-9-14(13)12-25;1-4-10-16(11-5-1)19(17-12-6-2-7-13-17)18-14-8-3-9-15-18;1-4-13(2,3)12(15)18-9-7-5-6-8(16-7)10(9)17-11(6)14;1-4-11(2,3)10(14)15-9-7-5-6-8(13)12-9;1-5-8(3,4)7(12)16-6(2)9(10,11)17(13,14)15/h6-9,15-20H,5,10-12H2,1-4H3;1-15H;6-10H,4-5H2,1-3H3;5-7H,4H2,1-3H3,(H,12,13);6H,5H2,1-4H3,(H,13,14,15)/q;+1;;;/p-1. The molecule has 2 saturated carbocycles. The molecule has 12 rings (SSSR count). The van der Waals surface area contributed by atoms with Gasteiger partial charge in [-0.05, 0) is 161 Å². The van der Waals surface area contributed by atoms with Crippen LogP contribution in [0.4, 0.5) is 8.78 Å². The zero-order chi connectivity index (χ0) is 73.7. The highest BCUT2D eigenvalue weighted by molar-refractivity contribution is 7.97. The molecule has 4 bridgehead atoms. The third-order valence-electron chi connectivity index (χ3n) is 20.4. The minimum Gasteiger partial charge on any atom is -0.743 e. The van der Waals surface area contributed by atoms with Crippen LogP contribution < -0.4 is 10.3 Å². The van der Waals surface area contributed by atoms with Crippen molar-refractivity contribution in [3.63, 3.8) is 0 Å². The Balaban J connectivity index is 0.000000164. The summed E-state index contributed by atoms with van der Waals surface area (Å²) in [6.45, 7) is 24.0. The van der Waals surface area contributed by atoms with Gasteiger partial charge >= 0.3 is 47.0 Å². The summed E-state index contributed by atoms with van der Waals surface area (Å²) in [5.41, 5.74) is -1.20. The lowest BCUT2D eigenvalue weighted by Crippen LogP contribution is -2.47. The van der Waals surface area contributed by atoms with Crippen molar-refractivity contribution in [2.24, 2.45) is 51.2 Å². The lowest BCUT2D eigenvalue weighted by atomic mass is 9.78. The first-order valence-electron chi connectivity index (χ1n) is 34.0. The van der Waals surface area contributed by atoms with Gasteiger partial charge in [-0.3, -0.25) is 43.3 Å². The molecule has 24 heteroatoms. The number of alkyl halides is 2. The molecule has 100 heavy (non-hydrogen) atoms. The number of halogens is 2. The first-order chi connectivity index (χ1) is 46.8. The summed E-state index contributed by atoms with van der Waals surface area (Å²) < 4.78 is 100. The molecule has 20 nitrogen and oxygen atoms in total. The lowest BCUT2D eigenvalue weighted by Gasteiger charge is -2.34. The molecule has 7 aliphatic rings. The van der Waals surface area contributed by atoms with Crippen molar-refractivity contribution in [3.8, 4) is 5.88 Å². The molecule has 542 valence electrons. The van der Waals surface area contributed by atoms with Gasteiger partial charge in [0.05, 0.1) is 56.4 Å². The molecule has 5 aromatic rings. The minimum atomic E-state index is -5.86. The highest BCUT2D eigenvalue weighted by Gasteiger charge is 2.71. The van der Waals surface area contributed by atoms with E-state index in [1.165, 1.54) is 45.7 Å². The Labute approximate surface area is 586 Å². The number of rotatable bonds is 19. The number of esters is 7. The first-order valence-corrected chi connectivity index (χ1v) is 36.6. The van der Waals surface area contributed by atoms with Crippen LogP contribution in [-0.4, -0.2) is 113 Å². The van der Waals surface area contributed by atoms with Crippen molar-refractivity contribution >= 4 is 62.8 Å². The molecule has 4 aromatic carbocycles. The lowest BCUT2D eigenvalue weighted by molar-refractivity contribution is -0.177. The zero-order valence-corrected chi connectivity index (χ0v) is 60.7. The topological polar surface area (TPSA) is 283 Å². The van der Waals surface area contributed by atoms with Crippen LogP contribution >= 0.6 is 0 Å². The Morgan fingerprint density at radius 2 is 1.04 bits per heavy atom. The Kier molecular flexibility index (Phi) is 24.3. The number of H-pyrrole nitrogens is 1. The van der Waals surface area contributed by atoms with E-state index < -0.39 is 91.0 Å². The van der Waals surface area contributed by atoms with Crippen molar-refractivity contribution in [1.82, 2.24) is 4.98 Å². The van der Waals surface area contributed by atoms with Crippen LogP contribution in [0.25, 0.3) is 0 Å². The number of ether oxygens (including phenoxy) is 8. The van der Waals surface area contributed by atoms with Gasteiger partial charge in [0.15, 0.2) is 43.1 Å². The Bertz CT molecular complexity index is 3800. The van der Waals surface area contributed by atoms with E-state index in [1.54, 1.807) is 32.9 Å². The fraction of sp³-hybridized carbons (Fsp3) is 0.526. The van der Waals surface area contributed by atoms with E-state index in [0.29, 0.717) is 58.3 Å². The summed E-state index contributed by atoms with van der Waals surface area (Å²) in [5.74, 6) is -4.15. The average molecular weight is 1430 g/mol. The van der Waals surface area contributed by atoms with E-state index in [2.05, 4.69) is 113 Å². The predicted octanol–water partition coefficient (Wildman–Crippen LogP) is 12.3. The second kappa shape index (κ2) is 31.2. The van der Waals surface area contributed by atoms with Gasteiger partial charge < -0.3 is 42.4 Å². The van der Waals surface area contributed by atoms with Gasteiger partial charge in [0, 0.05) is 30.7 Å². The van der Waals surface area contributed by atoms with Crippen LogP contribution in [-0.2, 0) is 101 Å². The van der Waals surface area contributed by atoms with Gasteiger partial charge in [-0.1, -0.05) is 113 Å². The highest BCUT2D eigenvalue weighted by Crippen LogP contribution is 2.60. The smallest absolute Gasteiger partial charge is 0.369 e. The van der Waals surface area contributed by atoms with Gasteiger partial charge in [0.2, 0.25) is 5.88 Å². The van der Waals surface area contributed by atoms with Crippen LogP contribution in [0.2, 0.25) is 0 Å². The summed E-state index contributed by atoms with van der Waals surface area (Å²) in [6, 6.07) is 44.7. The third-order valence-corrected chi connectivity index (χ3v) is 23.6. The van der Waals surface area contributed by atoms with Crippen molar-refractivity contribution in [3.05, 3.63) is 155 Å². The maximum absolute atomic E-state index is 13.4. The van der Waals surface area contributed by atoms with E-state index in [1.807, 2.05) is 67.5 Å². The number of hydrogen-bond donors (Lipinski definition) is 1. The Morgan fingerprint density at radius 1 is 0.590 bits per heavy atom. The molecule has 1 N–H and O–H groups in total. The average Bonchev–Trinajstić information content (AvgIpc) is 1.55. The number of carbonyl (C=O) groups is 7. The molecular weight excluding hydrogens is 1330 g/mol. The van der Waals surface area contributed by atoms with Crippen LogP contribution in [0.15, 0.2) is 153 Å². The van der Waals surface area contributed by atoms with Crippen molar-refractivity contribution in [2.75, 3.05) is 0 Å². The molecule has 6 fully saturated rings. The maximum atomic E-state index is 13.4. The van der Waals surface area contributed by atoms with E-state index >= 15 is 0 Å². The molecule has 0 spiro atoms. The number of nitrogens with one attached hydrogen (secondary N) is 1. The molecule has 3 aliphatic carbocycles. The fourth-order valence-electron chi connectivity index (χ4n) is 12.5. The number of aromatic amines is 1. The Morgan fingerprint density at radius 3 is 1.51 bits per heavy atom. The van der Waals surface area contributed by atoms with E-state index in [9.17, 15) is 60.1 Å². The number of aromatic nitrogens is 1. The van der Waals surface area contributed by atoms with Gasteiger partial charge in [0.25, 0.3) is 5.56 Å². The van der Waals surface area contributed by atoms with Crippen molar-refractivity contribution in [1.29, 1.82) is 0 Å². The van der Waals surface area contributed by atoms with E-state index in [0.717, 1.165) is 0 Å². The normalized spacial score (nSPS) is 24.4. The number of hydrogen-bond acceptors (Lipinski definition) is 19.